The maximum atomic E-state index is 12.3. The lowest BCUT2D eigenvalue weighted by Gasteiger charge is -2.32. The summed E-state index contributed by atoms with van der Waals surface area (Å²) in [5.74, 6) is -1.01. The van der Waals surface area contributed by atoms with Crippen molar-refractivity contribution < 1.29 is 19.5 Å². The number of fused-ring (bicyclic) bond motifs is 1. The highest BCUT2D eigenvalue weighted by Gasteiger charge is 2.29. The zero-order chi connectivity index (χ0) is 15.5. The fourth-order valence-corrected chi connectivity index (χ4v) is 3.06. The number of carbonyl (C=O) groups excluding carboxylic acids is 1. The monoisotopic (exact) mass is 304 g/mol. The Bertz CT molecular complexity index is 567. The molecule has 6 heteroatoms. The van der Waals surface area contributed by atoms with Crippen LogP contribution in [0, 0.1) is 5.92 Å². The van der Waals surface area contributed by atoms with Crippen LogP contribution in [0.2, 0.25) is 0 Å². The quantitative estimate of drug-likeness (QED) is 0.878. The van der Waals surface area contributed by atoms with E-state index in [1.807, 2.05) is 24.3 Å². The first-order valence-electron chi connectivity index (χ1n) is 7.64. The van der Waals surface area contributed by atoms with Crippen molar-refractivity contribution in [2.45, 2.75) is 44.9 Å². The van der Waals surface area contributed by atoms with Gasteiger partial charge in [0.1, 0.15) is 6.61 Å². The first kappa shape index (κ1) is 14.8. The molecule has 0 unspecified atom stereocenters. The normalized spacial score (nSPS) is 24.5. The number of amides is 2. The highest BCUT2D eigenvalue weighted by atomic mass is 16.7. The molecule has 1 aromatic rings. The number of rotatable bonds is 2. The zero-order valence-electron chi connectivity index (χ0n) is 12.3. The number of benzene rings is 1. The van der Waals surface area contributed by atoms with Crippen LogP contribution in [0.3, 0.4) is 0 Å². The number of nitrogens with zero attached hydrogens (tertiary/aromatic N) is 1. The van der Waals surface area contributed by atoms with Gasteiger partial charge in [0, 0.05) is 6.04 Å². The van der Waals surface area contributed by atoms with E-state index in [9.17, 15) is 9.59 Å². The van der Waals surface area contributed by atoms with E-state index in [1.54, 1.807) is 0 Å². The molecule has 2 amide bonds. The van der Waals surface area contributed by atoms with E-state index in [4.69, 9.17) is 9.94 Å². The summed E-state index contributed by atoms with van der Waals surface area (Å²) in [4.78, 5) is 28.7. The number of aliphatic carboxylic acids is 1. The fraction of sp³-hybridized carbons (Fsp3) is 0.500. The third-order valence-electron chi connectivity index (χ3n) is 4.44. The van der Waals surface area contributed by atoms with Crippen molar-refractivity contribution >= 4 is 12.0 Å². The number of nitrogens with one attached hydrogen (secondary N) is 1. The van der Waals surface area contributed by atoms with Crippen LogP contribution in [0.1, 0.15) is 36.8 Å². The van der Waals surface area contributed by atoms with Gasteiger partial charge >= 0.3 is 12.0 Å². The molecule has 0 saturated heterocycles. The average molecular weight is 304 g/mol. The second-order valence-corrected chi connectivity index (χ2v) is 5.92. The lowest BCUT2D eigenvalue weighted by molar-refractivity contribution is -0.146. The molecular weight excluding hydrogens is 284 g/mol. The number of carbonyl (C=O) groups is 2. The molecule has 22 heavy (non-hydrogen) atoms. The molecule has 2 N–H and O–H groups in total. The van der Waals surface area contributed by atoms with Gasteiger partial charge in [0.2, 0.25) is 0 Å². The van der Waals surface area contributed by atoms with Gasteiger partial charge in [-0.3, -0.25) is 9.63 Å². The number of hydrogen-bond acceptors (Lipinski definition) is 3. The topological polar surface area (TPSA) is 78.9 Å². The molecule has 1 aliphatic carbocycles. The van der Waals surface area contributed by atoms with E-state index in [2.05, 4.69) is 5.32 Å². The number of carboxylic acids is 1. The van der Waals surface area contributed by atoms with Crippen LogP contribution in [0.5, 0.6) is 0 Å². The largest absolute Gasteiger partial charge is 0.481 e. The fourth-order valence-electron chi connectivity index (χ4n) is 3.06. The molecule has 0 bridgehead atoms. The molecule has 118 valence electrons. The standard InChI is InChI=1S/C16H20N2O4/c19-15(20)11-5-7-14(8-6-11)17-16(21)18-9-12-3-1-2-4-13(12)10-22-18/h1-4,11,14H,5-10H2,(H,17,21)(H,19,20). The summed E-state index contributed by atoms with van der Waals surface area (Å²) in [6, 6.07) is 7.69. The Morgan fingerprint density at radius 3 is 2.50 bits per heavy atom. The SMILES string of the molecule is O=C(O)C1CCC(NC(=O)N2Cc3ccccc3CO2)CC1. The molecule has 2 aliphatic rings. The van der Waals surface area contributed by atoms with Crippen molar-refractivity contribution in [3.63, 3.8) is 0 Å². The highest BCUT2D eigenvalue weighted by molar-refractivity contribution is 5.74. The molecule has 3 rings (SSSR count). The van der Waals surface area contributed by atoms with Gasteiger partial charge in [0.15, 0.2) is 0 Å². The van der Waals surface area contributed by atoms with Crippen molar-refractivity contribution in [1.82, 2.24) is 10.4 Å². The van der Waals surface area contributed by atoms with E-state index in [1.165, 1.54) is 5.06 Å². The molecule has 1 aliphatic heterocycles. The van der Waals surface area contributed by atoms with Crippen molar-refractivity contribution in [1.29, 1.82) is 0 Å². The summed E-state index contributed by atoms with van der Waals surface area (Å²) in [5, 5.41) is 13.3. The second kappa shape index (κ2) is 6.36. The van der Waals surface area contributed by atoms with E-state index < -0.39 is 5.97 Å². The maximum Gasteiger partial charge on any atom is 0.341 e. The molecule has 1 aromatic carbocycles. The Morgan fingerprint density at radius 1 is 1.14 bits per heavy atom. The molecule has 0 spiro atoms. The first-order chi connectivity index (χ1) is 10.6. The van der Waals surface area contributed by atoms with Gasteiger partial charge in [0.25, 0.3) is 0 Å². The third-order valence-corrected chi connectivity index (χ3v) is 4.44. The number of urea groups is 1. The van der Waals surface area contributed by atoms with Crippen LogP contribution in [-0.2, 0) is 22.8 Å². The van der Waals surface area contributed by atoms with Crippen LogP contribution in [0.15, 0.2) is 24.3 Å². The summed E-state index contributed by atoms with van der Waals surface area (Å²) in [6.07, 6.45) is 2.63. The molecule has 1 fully saturated rings. The average Bonchev–Trinajstić information content (AvgIpc) is 2.55. The molecule has 1 saturated carbocycles. The summed E-state index contributed by atoms with van der Waals surface area (Å²) in [7, 11) is 0. The Morgan fingerprint density at radius 2 is 1.82 bits per heavy atom. The third kappa shape index (κ3) is 3.22. The molecule has 0 atom stereocenters. The van der Waals surface area contributed by atoms with Crippen molar-refractivity contribution in [2.75, 3.05) is 0 Å². The number of hydrogen-bond donors (Lipinski definition) is 2. The summed E-state index contributed by atoms with van der Waals surface area (Å²) < 4.78 is 0. The van der Waals surface area contributed by atoms with Crippen LogP contribution in [0.4, 0.5) is 4.79 Å². The second-order valence-electron chi connectivity index (χ2n) is 5.92. The first-order valence-corrected chi connectivity index (χ1v) is 7.64. The van der Waals surface area contributed by atoms with E-state index in [-0.39, 0.29) is 18.0 Å². The minimum absolute atomic E-state index is 0.0314. The Balaban J connectivity index is 1.52. The van der Waals surface area contributed by atoms with Gasteiger partial charge in [-0.25, -0.2) is 4.79 Å². The van der Waals surface area contributed by atoms with Crippen molar-refractivity contribution in [2.24, 2.45) is 5.92 Å². The molecular formula is C16H20N2O4. The van der Waals surface area contributed by atoms with Gasteiger partial charge in [0.05, 0.1) is 12.5 Å². The molecule has 1 heterocycles. The van der Waals surface area contributed by atoms with E-state index in [0.717, 1.165) is 11.1 Å². The number of carboxylic acid groups (broad SMARTS) is 1. The van der Waals surface area contributed by atoms with Crippen molar-refractivity contribution in [3.8, 4) is 0 Å². The van der Waals surface area contributed by atoms with E-state index >= 15 is 0 Å². The lowest BCUT2D eigenvalue weighted by Crippen LogP contribution is -2.47. The van der Waals surface area contributed by atoms with Crippen LogP contribution >= 0.6 is 0 Å². The van der Waals surface area contributed by atoms with Gasteiger partial charge in [-0.05, 0) is 36.8 Å². The summed E-state index contributed by atoms with van der Waals surface area (Å²) >= 11 is 0. The lowest BCUT2D eigenvalue weighted by atomic mass is 9.86. The van der Waals surface area contributed by atoms with Gasteiger partial charge in [-0.15, -0.1) is 0 Å². The van der Waals surface area contributed by atoms with Gasteiger partial charge in [-0.2, -0.15) is 5.06 Å². The van der Waals surface area contributed by atoms with Crippen LogP contribution < -0.4 is 5.32 Å². The summed E-state index contributed by atoms with van der Waals surface area (Å²) in [5.41, 5.74) is 2.20. The molecule has 0 radical (unpaired) electrons. The minimum atomic E-state index is -0.735. The molecule has 6 nitrogen and oxygen atoms in total. The van der Waals surface area contributed by atoms with E-state index in [0.29, 0.717) is 38.8 Å². The molecule has 0 aromatic heterocycles. The minimum Gasteiger partial charge on any atom is -0.481 e. The highest BCUT2D eigenvalue weighted by Crippen LogP contribution is 2.25. The smallest absolute Gasteiger partial charge is 0.341 e. The predicted molar refractivity (Wildman–Crippen MR) is 78.7 cm³/mol. The van der Waals surface area contributed by atoms with Crippen LogP contribution in [-0.4, -0.2) is 28.2 Å². The van der Waals surface area contributed by atoms with Gasteiger partial charge < -0.3 is 10.4 Å². The Kier molecular flexibility index (Phi) is 4.29. The Labute approximate surface area is 129 Å². The van der Waals surface area contributed by atoms with Gasteiger partial charge in [-0.1, -0.05) is 24.3 Å². The van der Waals surface area contributed by atoms with Crippen molar-refractivity contribution in [3.05, 3.63) is 35.4 Å². The Hall–Kier alpha value is -2.08. The zero-order valence-corrected chi connectivity index (χ0v) is 12.3. The maximum absolute atomic E-state index is 12.3. The predicted octanol–water partition coefficient (Wildman–Crippen LogP) is 2.29. The summed E-state index contributed by atoms with van der Waals surface area (Å²) in [6.45, 7) is 0.835. The number of hydroxylamine groups is 2. The van der Waals surface area contributed by atoms with Crippen LogP contribution in [0.25, 0.3) is 0 Å².